The topological polar surface area (TPSA) is 90.1 Å². The third-order valence-electron chi connectivity index (χ3n) is 3.22. The lowest BCUT2D eigenvalue weighted by molar-refractivity contribution is 0.978. The van der Waals surface area contributed by atoms with Crippen LogP contribution in [0.15, 0.2) is 42.0 Å². The Morgan fingerprint density at radius 2 is 2.00 bits per heavy atom. The van der Waals surface area contributed by atoms with Crippen molar-refractivity contribution in [1.82, 2.24) is 5.43 Å². The number of hydrazine groups is 1. The van der Waals surface area contributed by atoms with Gasteiger partial charge in [-0.1, -0.05) is 24.3 Å². The molecule has 1 aromatic carbocycles. The van der Waals surface area contributed by atoms with Gasteiger partial charge in [-0.05, 0) is 22.9 Å². The molecule has 1 aromatic rings. The highest BCUT2D eigenvalue weighted by Crippen LogP contribution is 2.26. The summed E-state index contributed by atoms with van der Waals surface area (Å²) in [6, 6.07) is 5.71. The summed E-state index contributed by atoms with van der Waals surface area (Å²) in [7, 11) is 0. The van der Waals surface area contributed by atoms with Crippen LogP contribution in [-0.4, -0.2) is 6.04 Å². The van der Waals surface area contributed by atoms with Crippen molar-refractivity contribution in [2.75, 3.05) is 5.73 Å². The molecule has 17 heavy (non-hydrogen) atoms. The van der Waals surface area contributed by atoms with E-state index in [9.17, 15) is 0 Å². The quantitative estimate of drug-likeness (QED) is 0.276. The number of nitrogen functional groups attached to an aromatic ring is 1. The highest BCUT2D eigenvalue weighted by atomic mass is 15.2. The van der Waals surface area contributed by atoms with E-state index in [0.717, 1.165) is 33.0 Å². The third kappa shape index (κ3) is 1.32. The molecule has 7 N–H and O–H groups in total. The van der Waals surface area contributed by atoms with E-state index in [1.54, 1.807) is 0 Å². The summed E-state index contributed by atoms with van der Waals surface area (Å²) in [5.74, 6) is 5.60. The number of hydrogen-bond donors (Lipinski definition) is 4. The monoisotopic (exact) mass is 226 g/mol. The number of benzene rings is 1. The van der Waals surface area contributed by atoms with Gasteiger partial charge in [-0.15, -0.1) is 0 Å². The van der Waals surface area contributed by atoms with Crippen LogP contribution < -0.4 is 33.2 Å². The first-order chi connectivity index (χ1) is 8.22. The molecule has 1 atom stereocenters. The molecule has 1 unspecified atom stereocenters. The molecule has 2 aliphatic carbocycles. The Balaban J connectivity index is 2.46. The van der Waals surface area contributed by atoms with Crippen molar-refractivity contribution in [2.45, 2.75) is 6.04 Å². The van der Waals surface area contributed by atoms with Crippen LogP contribution >= 0.6 is 0 Å². The summed E-state index contributed by atoms with van der Waals surface area (Å²) in [5, 5.41) is 2.13. The Kier molecular flexibility index (Phi) is 2.07. The molecular formula is C13H14N4. The molecule has 3 rings (SSSR count). The molecule has 4 heteroatoms. The molecule has 0 saturated carbocycles. The van der Waals surface area contributed by atoms with Gasteiger partial charge >= 0.3 is 0 Å². The second kappa shape index (κ2) is 3.48. The van der Waals surface area contributed by atoms with Gasteiger partial charge in [-0.3, -0.25) is 5.84 Å². The summed E-state index contributed by atoms with van der Waals surface area (Å²) >= 11 is 0. The first kappa shape index (κ1) is 10.1. The van der Waals surface area contributed by atoms with Crippen molar-refractivity contribution in [1.29, 1.82) is 0 Å². The zero-order chi connectivity index (χ0) is 12.0. The minimum absolute atomic E-state index is 0.0942. The Hall–Kier alpha value is -2.04. The summed E-state index contributed by atoms with van der Waals surface area (Å²) in [5.41, 5.74) is 18.5. The van der Waals surface area contributed by atoms with Gasteiger partial charge in [0.1, 0.15) is 0 Å². The first-order valence-corrected chi connectivity index (χ1v) is 5.48. The van der Waals surface area contributed by atoms with Gasteiger partial charge in [-0.2, -0.15) is 0 Å². The fourth-order valence-electron chi connectivity index (χ4n) is 2.48. The molecular weight excluding hydrogens is 212 g/mol. The summed E-state index contributed by atoms with van der Waals surface area (Å²) in [6.45, 7) is 0. The molecule has 0 aromatic heterocycles. The van der Waals surface area contributed by atoms with Crippen LogP contribution in [0.4, 0.5) is 5.69 Å². The predicted octanol–water partition coefficient (Wildman–Crippen LogP) is -1.17. The van der Waals surface area contributed by atoms with Crippen LogP contribution in [0, 0.1) is 0 Å². The van der Waals surface area contributed by atoms with Gasteiger partial charge in [0.2, 0.25) is 0 Å². The summed E-state index contributed by atoms with van der Waals surface area (Å²) < 4.78 is 0. The average Bonchev–Trinajstić information content (AvgIpc) is 2.63. The van der Waals surface area contributed by atoms with E-state index in [1.165, 1.54) is 0 Å². The van der Waals surface area contributed by atoms with Crippen molar-refractivity contribution >= 4 is 17.0 Å². The molecule has 0 fully saturated rings. The number of anilines is 1. The van der Waals surface area contributed by atoms with E-state index in [-0.39, 0.29) is 6.04 Å². The van der Waals surface area contributed by atoms with Gasteiger partial charge in [0, 0.05) is 22.5 Å². The average molecular weight is 226 g/mol. The van der Waals surface area contributed by atoms with Crippen LogP contribution in [0.1, 0.15) is 0 Å². The second-order valence-electron chi connectivity index (χ2n) is 4.23. The van der Waals surface area contributed by atoms with Gasteiger partial charge in [0.05, 0.1) is 5.70 Å². The van der Waals surface area contributed by atoms with E-state index >= 15 is 0 Å². The van der Waals surface area contributed by atoms with Crippen molar-refractivity contribution < 1.29 is 0 Å². The largest absolute Gasteiger partial charge is 0.399 e. The number of nitrogens with one attached hydrogen (secondary N) is 1. The fourth-order valence-corrected chi connectivity index (χ4v) is 2.48. The molecule has 0 aliphatic heterocycles. The van der Waals surface area contributed by atoms with Crippen molar-refractivity contribution in [3.63, 3.8) is 0 Å². The summed E-state index contributed by atoms with van der Waals surface area (Å²) in [4.78, 5) is 0. The van der Waals surface area contributed by atoms with Crippen LogP contribution in [0.3, 0.4) is 0 Å². The highest BCUT2D eigenvalue weighted by molar-refractivity contribution is 5.92. The minimum atomic E-state index is -0.0942. The van der Waals surface area contributed by atoms with E-state index in [1.807, 2.05) is 36.4 Å². The number of fused-ring (bicyclic) bond motifs is 2. The maximum Gasteiger partial charge on any atom is 0.0640 e. The van der Waals surface area contributed by atoms with Crippen LogP contribution in [0.5, 0.6) is 0 Å². The number of nitrogens with two attached hydrogens (primary N) is 3. The first-order valence-electron chi connectivity index (χ1n) is 5.48. The smallest absolute Gasteiger partial charge is 0.0640 e. The normalized spacial score (nSPS) is 21.1. The Morgan fingerprint density at radius 3 is 2.76 bits per heavy atom. The highest BCUT2D eigenvalue weighted by Gasteiger charge is 2.24. The lowest BCUT2D eigenvalue weighted by Crippen LogP contribution is -2.32. The van der Waals surface area contributed by atoms with Gasteiger partial charge in [-0.25, -0.2) is 0 Å². The molecule has 2 aliphatic rings. The molecule has 0 radical (unpaired) electrons. The van der Waals surface area contributed by atoms with Crippen molar-refractivity contribution in [3.8, 4) is 0 Å². The van der Waals surface area contributed by atoms with E-state index in [0.29, 0.717) is 0 Å². The summed E-state index contributed by atoms with van der Waals surface area (Å²) in [6.07, 6.45) is 5.94. The number of allylic oxidation sites excluding steroid dienone is 2. The Labute approximate surface area is 98.8 Å². The predicted molar refractivity (Wildman–Crippen MR) is 69.4 cm³/mol. The molecule has 0 amide bonds. The standard InChI is InChI=1S/C13H14N4/c14-7-4-5-8-10(6-7)13(17-16)9-2-1-3-11(15)12(8)9/h1-6,11,17H,14-16H2. The van der Waals surface area contributed by atoms with Gasteiger partial charge in [0.15, 0.2) is 0 Å². The second-order valence-corrected chi connectivity index (χ2v) is 4.23. The molecule has 4 nitrogen and oxygen atoms in total. The van der Waals surface area contributed by atoms with Crippen molar-refractivity contribution in [2.24, 2.45) is 11.6 Å². The minimum Gasteiger partial charge on any atom is -0.399 e. The van der Waals surface area contributed by atoms with E-state index < -0.39 is 0 Å². The molecule has 0 spiro atoms. The zero-order valence-electron chi connectivity index (χ0n) is 9.27. The molecule has 0 saturated heterocycles. The maximum absolute atomic E-state index is 6.11. The molecule has 0 bridgehead atoms. The Bertz CT molecular complexity index is 667. The number of hydrogen-bond acceptors (Lipinski definition) is 4. The van der Waals surface area contributed by atoms with Gasteiger partial charge < -0.3 is 16.9 Å². The molecule has 0 heterocycles. The maximum atomic E-state index is 6.11. The van der Waals surface area contributed by atoms with Gasteiger partial charge in [0.25, 0.3) is 0 Å². The van der Waals surface area contributed by atoms with Crippen LogP contribution in [-0.2, 0) is 0 Å². The lowest BCUT2D eigenvalue weighted by atomic mass is 9.94. The molecule has 86 valence electrons. The van der Waals surface area contributed by atoms with Crippen LogP contribution in [0.25, 0.3) is 11.3 Å². The van der Waals surface area contributed by atoms with Crippen molar-refractivity contribution in [3.05, 3.63) is 52.4 Å². The number of rotatable bonds is 1. The third-order valence-corrected chi connectivity index (χ3v) is 3.22. The van der Waals surface area contributed by atoms with E-state index in [2.05, 4.69) is 5.43 Å². The SMILES string of the molecule is NNC1=c2cc(N)ccc2=C2C1=CC=CC2N. The van der Waals surface area contributed by atoms with Crippen LogP contribution in [0.2, 0.25) is 0 Å². The van der Waals surface area contributed by atoms with E-state index in [4.69, 9.17) is 17.3 Å². The fraction of sp³-hybridized carbons (Fsp3) is 0.0769. The zero-order valence-corrected chi connectivity index (χ0v) is 9.27. The Morgan fingerprint density at radius 1 is 1.18 bits per heavy atom. The lowest BCUT2D eigenvalue weighted by Gasteiger charge is -2.17.